The monoisotopic (exact) mass is 471 g/mol. The summed E-state index contributed by atoms with van der Waals surface area (Å²) < 4.78 is 13.6. The summed E-state index contributed by atoms with van der Waals surface area (Å²) in [7, 11) is 3.67. The Morgan fingerprint density at radius 3 is 2.80 bits per heavy atom. The van der Waals surface area contributed by atoms with E-state index in [1.165, 1.54) is 0 Å². The maximum atomic E-state index is 12.8. The van der Waals surface area contributed by atoms with E-state index < -0.39 is 17.1 Å². The summed E-state index contributed by atoms with van der Waals surface area (Å²) in [5.41, 5.74) is 0.499. The van der Waals surface area contributed by atoms with Crippen molar-refractivity contribution >= 4 is 37.6 Å². The number of nitrogens with zero attached hydrogens (tertiary/aromatic N) is 1. The third-order valence-corrected chi connectivity index (χ3v) is 9.05. The van der Waals surface area contributed by atoms with Crippen LogP contribution < -0.4 is 9.47 Å². The van der Waals surface area contributed by atoms with E-state index in [1.807, 2.05) is 0 Å². The van der Waals surface area contributed by atoms with Crippen molar-refractivity contribution in [2.24, 2.45) is 0 Å². The molecule has 2 heterocycles. The third-order valence-electron chi connectivity index (χ3n) is 6.88. The van der Waals surface area contributed by atoms with Crippen molar-refractivity contribution in [2.75, 3.05) is 20.7 Å². The van der Waals surface area contributed by atoms with E-state index in [4.69, 9.17) is 9.47 Å². The molecule has 1 saturated heterocycles. The van der Waals surface area contributed by atoms with Crippen LogP contribution in [0.2, 0.25) is 0 Å². The lowest BCUT2D eigenvalue weighted by Crippen LogP contribution is -2.76. The number of benzene rings is 1. The van der Waals surface area contributed by atoms with Crippen molar-refractivity contribution in [3.05, 3.63) is 20.1 Å². The first-order valence-electron chi connectivity index (χ1n) is 8.57. The number of Topliss-reactive ketones (excluding diaryl/α,β-unsaturated/α-hetero) is 1. The highest BCUT2D eigenvalue weighted by Crippen LogP contribution is 2.66. The van der Waals surface area contributed by atoms with E-state index in [0.29, 0.717) is 30.8 Å². The summed E-state index contributed by atoms with van der Waals surface area (Å²) in [6, 6.07) is -0.0181. The molecule has 0 radical (unpaired) electrons. The fraction of sp³-hybridized carbons (Fsp3) is 0.611. The zero-order chi connectivity index (χ0) is 17.7. The molecule has 2 bridgehead atoms. The Hall–Kier alpha value is -0.630. The van der Waals surface area contributed by atoms with Crippen LogP contribution in [-0.2, 0) is 16.6 Å². The van der Waals surface area contributed by atoms with Crippen molar-refractivity contribution in [3.63, 3.8) is 0 Å². The Morgan fingerprint density at radius 2 is 2.08 bits per heavy atom. The number of ether oxygens (including phenoxy) is 2. The van der Waals surface area contributed by atoms with Crippen LogP contribution in [0.1, 0.15) is 30.4 Å². The van der Waals surface area contributed by atoms with E-state index >= 15 is 0 Å². The predicted molar refractivity (Wildman–Crippen MR) is 98.4 cm³/mol. The topological polar surface area (TPSA) is 59.0 Å². The summed E-state index contributed by atoms with van der Waals surface area (Å²) in [5, 5.41) is 11.9. The second kappa shape index (κ2) is 5.00. The summed E-state index contributed by atoms with van der Waals surface area (Å²) in [4.78, 5) is 15.0. The molecule has 0 unspecified atom stereocenters. The molecule has 1 N–H and O–H groups in total. The van der Waals surface area contributed by atoms with Crippen LogP contribution in [0.3, 0.4) is 0 Å². The summed E-state index contributed by atoms with van der Waals surface area (Å²) in [6.07, 6.45) is 1.68. The Kier molecular flexibility index (Phi) is 3.31. The number of carbonyl (C=O) groups is 1. The number of likely N-dealkylation sites (tertiary alicyclic amines) is 1. The SMILES string of the molecule is COc1c(Br)c(Br)c2c3c1O[C@H]1C(=O)CC[C@@]4(O)[C@@H](C2)N(C)CC[C@]314. The molecule has 0 amide bonds. The van der Waals surface area contributed by atoms with Gasteiger partial charge in [0.2, 0.25) is 0 Å². The quantitative estimate of drug-likeness (QED) is 0.680. The maximum absolute atomic E-state index is 12.8. The van der Waals surface area contributed by atoms with E-state index in [1.54, 1.807) is 7.11 Å². The number of likely N-dealkylation sites (N-methyl/N-ethyl adjacent to an activating group) is 1. The zero-order valence-electron chi connectivity index (χ0n) is 14.1. The average Bonchev–Trinajstić information content (AvgIpc) is 2.92. The molecular weight excluding hydrogens is 454 g/mol. The Morgan fingerprint density at radius 1 is 1.32 bits per heavy atom. The fourth-order valence-corrected chi connectivity index (χ4v) is 6.90. The highest BCUT2D eigenvalue weighted by Gasteiger charge is 2.73. The van der Waals surface area contributed by atoms with E-state index in [9.17, 15) is 9.90 Å². The molecule has 5 rings (SSSR count). The van der Waals surface area contributed by atoms with E-state index in [-0.39, 0.29) is 11.8 Å². The van der Waals surface area contributed by atoms with Crippen molar-refractivity contribution in [2.45, 2.75) is 48.8 Å². The number of hydrogen-bond donors (Lipinski definition) is 1. The highest BCUT2D eigenvalue weighted by molar-refractivity contribution is 9.13. The largest absolute Gasteiger partial charge is 0.492 e. The normalized spacial score (nSPS) is 38.4. The molecule has 2 aliphatic carbocycles. The van der Waals surface area contributed by atoms with Gasteiger partial charge in [-0.15, -0.1) is 0 Å². The molecule has 7 heteroatoms. The van der Waals surface area contributed by atoms with Crippen molar-refractivity contribution < 1.29 is 19.4 Å². The Balaban J connectivity index is 1.91. The minimum atomic E-state index is -0.949. The standard InChI is InChI=1S/C18H19Br2NO4/c1-21-6-5-17-11-8-7-10(21)18(17,23)4-3-9(22)16(17)25-14(11)15(24-2)13(20)12(8)19/h10,16,23H,3-7H2,1-2H3/t10-,16+,17+,18-/m1/s1. The number of halogens is 2. The number of hydrogen-bond acceptors (Lipinski definition) is 5. The molecule has 25 heavy (non-hydrogen) atoms. The smallest absolute Gasteiger partial charge is 0.176 e. The maximum Gasteiger partial charge on any atom is 0.176 e. The second-order valence-electron chi connectivity index (χ2n) is 7.65. The zero-order valence-corrected chi connectivity index (χ0v) is 17.2. The van der Waals surface area contributed by atoms with Gasteiger partial charge in [0.25, 0.3) is 0 Å². The summed E-state index contributed by atoms with van der Waals surface area (Å²) in [6.45, 7) is 0.842. The first kappa shape index (κ1) is 16.5. The average molecular weight is 473 g/mol. The number of ketones is 1. The number of piperidine rings is 1. The molecule has 2 fully saturated rings. The number of methoxy groups -OCH3 is 1. The van der Waals surface area contributed by atoms with Crippen LogP contribution >= 0.6 is 31.9 Å². The van der Waals surface area contributed by atoms with Gasteiger partial charge >= 0.3 is 0 Å². The molecule has 1 saturated carbocycles. The lowest BCUT2D eigenvalue weighted by atomic mass is 9.49. The van der Waals surface area contributed by atoms with Gasteiger partial charge in [0.15, 0.2) is 23.4 Å². The van der Waals surface area contributed by atoms with Gasteiger partial charge in [-0.2, -0.15) is 0 Å². The van der Waals surface area contributed by atoms with Crippen LogP contribution in [0.4, 0.5) is 0 Å². The van der Waals surface area contributed by atoms with E-state index in [2.05, 4.69) is 43.8 Å². The first-order chi connectivity index (χ1) is 11.9. The molecule has 134 valence electrons. The predicted octanol–water partition coefficient (Wildman–Crippen LogP) is 2.57. The molecule has 4 aliphatic rings. The second-order valence-corrected chi connectivity index (χ2v) is 9.24. The summed E-state index contributed by atoms with van der Waals surface area (Å²) >= 11 is 7.33. The van der Waals surface area contributed by atoms with Gasteiger partial charge in [-0.3, -0.25) is 4.79 Å². The Bertz CT molecular complexity index is 828. The summed E-state index contributed by atoms with van der Waals surface area (Å²) in [5.74, 6) is 1.32. The lowest BCUT2D eigenvalue weighted by Gasteiger charge is -2.62. The van der Waals surface area contributed by atoms with Gasteiger partial charge < -0.3 is 19.5 Å². The van der Waals surface area contributed by atoms with E-state index in [0.717, 1.165) is 33.0 Å². The minimum Gasteiger partial charge on any atom is -0.492 e. The van der Waals surface area contributed by atoms with Crippen molar-refractivity contribution in [1.29, 1.82) is 0 Å². The molecule has 1 spiro atoms. The van der Waals surface area contributed by atoms with Crippen molar-refractivity contribution in [1.82, 2.24) is 4.90 Å². The number of carbonyl (C=O) groups excluding carboxylic acids is 1. The number of rotatable bonds is 1. The van der Waals surface area contributed by atoms with Gasteiger partial charge in [0, 0.05) is 22.5 Å². The van der Waals surface area contributed by atoms with Crippen LogP contribution in [0, 0.1) is 0 Å². The minimum absolute atomic E-state index is 0.0181. The fourth-order valence-electron chi connectivity index (χ4n) is 5.78. The van der Waals surface area contributed by atoms with Gasteiger partial charge in [0.1, 0.15) is 0 Å². The molecule has 1 aromatic carbocycles. The van der Waals surface area contributed by atoms with Crippen LogP contribution in [-0.4, -0.2) is 54.2 Å². The van der Waals surface area contributed by atoms with Crippen LogP contribution in [0.5, 0.6) is 11.5 Å². The first-order valence-corrected chi connectivity index (χ1v) is 10.2. The molecule has 1 aromatic rings. The van der Waals surface area contributed by atoms with Crippen LogP contribution in [0.25, 0.3) is 0 Å². The highest BCUT2D eigenvalue weighted by atomic mass is 79.9. The number of aliphatic hydroxyl groups is 1. The Labute approximate surface area is 162 Å². The van der Waals surface area contributed by atoms with Gasteiger partial charge in [-0.25, -0.2) is 0 Å². The molecule has 5 nitrogen and oxygen atoms in total. The third kappa shape index (κ3) is 1.65. The lowest BCUT2D eigenvalue weighted by molar-refractivity contribution is -0.185. The van der Waals surface area contributed by atoms with Crippen LogP contribution in [0.15, 0.2) is 8.95 Å². The van der Waals surface area contributed by atoms with Gasteiger partial charge in [-0.05, 0) is 70.3 Å². The van der Waals surface area contributed by atoms with Crippen molar-refractivity contribution in [3.8, 4) is 11.5 Å². The molecule has 0 aromatic heterocycles. The molecular formula is C18H19Br2NO4. The molecule has 2 aliphatic heterocycles. The molecule has 4 atom stereocenters. The van der Waals surface area contributed by atoms with Gasteiger partial charge in [-0.1, -0.05) is 0 Å². The van der Waals surface area contributed by atoms with Gasteiger partial charge in [0.05, 0.1) is 22.6 Å².